The Labute approximate surface area is 130 Å². The van der Waals surface area contributed by atoms with Gasteiger partial charge in [0.05, 0.1) is 0 Å². The summed E-state index contributed by atoms with van der Waals surface area (Å²) in [5.41, 5.74) is 7.25. The quantitative estimate of drug-likeness (QED) is 0.688. The molecule has 109 valence electrons. The first-order chi connectivity index (χ1) is 10.9. The standard InChI is InChI=1S/C20H18NO/c1-2-5-14-8-10-16(11-9-14)20-18-13-12-15-6-3-4-7-17(15)19(18)21-22-20/h4,6-11H,2,5,12-13H2,1H3. The average molecular weight is 288 g/mol. The Kier molecular flexibility index (Phi) is 3.30. The third-order valence-electron chi connectivity index (χ3n) is 4.39. The molecular formula is C20H18NO. The number of benzene rings is 2. The highest BCUT2D eigenvalue weighted by Gasteiger charge is 2.24. The zero-order valence-electron chi connectivity index (χ0n) is 12.7. The zero-order chi connectivity index (χ0) is 14.9. The summed E-state index contributed by atoms with van der Waals surface area (Å²) in [5.74, 6) is 0.927. The van der Waals surface area contributed by atoms with E-state index in [2.05, 4.69) is 54.5 Å². The highest BCUT2D eigenvalue weighted by molar-refractivity contribution is 5.76. The fourth-order valence-electron chi connectivity index (χ4n) is 3.25. The van der Waals surface area contributed by atoms with Crippen LogP contribution in [0.25, 0.3) is 22.6 Å². The van der Waals surface area contributed by atoms with Crippen molar-refractivity contribution in [2.24, 2.45) is 0 Å². The second-order valence-corrected chi connectivity index (χ2v) is 5.87. The summed E-state index contributed by atoms with van der Waals surface area (Å²) in [6.07, 6.45) is 4.31. The van der Waals surface area contributed by atoms with E-state index in [0.29, 0.717) is 0 Å². The molecule has 3 aromatic rings. The van der Waals surface area contributed by atoms with Gasteiger partial charge in [0.15, 0.2) is 5.76 Å². The van der Waals surface area contributed by atoms with E-state index in [9.17, 15) is 0 Å². The van der Waals surface area contributed by atoms with Gasteiger partial charge in [0.1, 0.15) is 5.69 Å². The highest BCUT2D eigenvalue weighted by Crippen LogP contribution is 2.38. The smallest absolute Gasteiger partial charge is 0.170 e. The molecule has 1 aliphatic carbocycles. The third-order valence-corrected chi connectivity index (χ3v) is 4.39. The topological polar surface area (TPSA) is 26.0 Å². The summed E-state index contributed by atoms with van der Waals surface area (Å²) in [5, 5.41) is 4.34. The lowest BCUT2D eigenvalue weighted by Gasteiger charge is -2.14. The Bertz CT molecular complexity index is 799. The van der Waals surface area contributed by atoms with Crippen molar-refractivity contribution in [3.8, 4) is 22.6 Å². The van der Waals surface area contributed by atoms with E-state index in [1.165, 1.54) is 28.7 Å². The average Bonchev–Trinajstić information content (AvgIpc) is 3.00. The molecule has 2 nitrogen and oxygen atoms in total. The van der Waals surface area contributed by atoms with Crippen LogP contribution < -0.4 is 0 Å². The van der Waals surface area contributed by atoms with Crippen molar-refractivity contribution in [3.05, 3.63) is 65.2 Å². The molecule has 22 heavy (non-hydrogen) atoms. The van der Waals surface area contributed by atoms with Gasteiger partial charge in [0.25, 0.3) is 0 Å². The van der Waals surface area contributed by atoms with Crippen LogP contribution in [0.15, 0.2) is 47.0 Å². The van der Waals surface area contributed by atoms with Gasteiger partial charge < -0.3 is 4.52 Å². The lowest BCUT2D eigenvalue weighted by Crippen LogP contribution is -2.03. The highest BCUT2D eigenvalue weighted by atomic mass is 16.5. The first-order valence-electron chi connectivity index (χ1n) is 7.94. The van der Waals surface area contributed by atoms with Gasteiger partial charge >= 0.3 is 0 Å². The summed E-state index contributed by atoms with van der Waals surface area (Å²) < 4.78 is 5.70. The summed E-state index contributed by atoms with van der Waals surface area (Å²) in [7, 11) is 0. The number of nitrogens with zero attached hydrogens (tertiary/aromatic N) is 1. The van der Waals surface area contributed by atoms with Crippen LogP contribution in [-0.4, -0.2) is 5.16 Å². The van der Waals surface area contributed by atoms with Crippen molar-refractivity contribution in [2.45, 2.75) is 32.6 Å². The minimum absolute atomic E-state index is 0.927. The van der Waals surface area contributed by atoms with Crippen LogP contribution in [0.4, 0.5) is 0 Å². The van der Waals surface area contributed by atoms with Crippen LogP contribution in [-0.2, 0) is 19.3 Å². The van der Waals surface area contributed by atoms with Crippen LogP contribution in [0.5, 0.6) is 0 Å². The number of aromatic nitrogens is 1. The molecule has 1 aliphatic rings. The molecule has 2 aromatic carbocycles. The lowest BCUT2D eigenvalue weighted by molar-refractivity contribution is 0.434. The minimum atomic E-state index is 0.927. The molecule has 0 aliphatic heterocycles. The van der Waals surface area contributed by atoms with Gasteiger partial charge in [-0.05, 0) is 36.5 Å². The van der Waals surface area contributed by atoms with E-state index in [-0.39, 0.29) is 0 Å². The molecule has 0 fully saturated rings. The molecule has 0 atom stereocenters. The van der Waals surface area contributed by atoms with Crippen molar-refractivity contribution in [1.29, 1.82) is 0 Å². The van der Waals surface area contributed by atoms with Crippen molar-refractivity contribution in [3.63, 3.8) is 0 Å². The van der Waals surface area contributed by atoms with Gasteiger partial charge in [-0.15, -0.1) is 0 Å². The Balaban J connectivity index is 1.75. The zero-order valence-corrected chi connectivity index (χ0v) is 12.7. The molecule has 1 radical (unpaired) electrons. The first-order valence-corrected chi connectivity index (χ1v) is 7.94. The third kappa shape index (κ3) is 2.16. The predicted octanol–water partition coefficient (Wildman–Crippen LogP) is 4.86. The second kappa shape index (κ2) is 5.45. The minimum Gasteiger partial charge on any atom is -0.355 e. The van der Waals surface area contributed by atoms with Gasteiger partial charge in [0, 0.05) is 16.7 Å². The van der Waals surface area contributed by atoms with E-state index < -0.39 is 0 Å². The van der Waals surface area contributed by atoms with E-state index in [4.69, 9.17) is 4.52 Å². The molecule has 0 amide bonds. The van der Waals surface area contributed by atoms with E-state index in [0.717, 1.165) is 36.3 Å². The Hall–Kier alpha value is -2.35. The van der Waals surface area contributed by atoms with Gasteiger partial charge in [-0.2, -0.15) is 0 Å². The van der Waals surface area contributed by atoms with Gasteiger partial charge in [-0.25, -0.2) is 0 Å². The van der Waals surface area contributed by atoms with Crippen molar-refractivity contribution >= 4 is 0 Å². The second-order valence-electron chi connectivity index (χ2n) is 5.87. The van der Waals surface area contributed by atoms with Gasteiger partial charge in [-0.3, -0.25) is 0 Å². The molecule has 1 heterocycles. The maximum Gasteiger partial charge on any atom is 0.170 e. The van der Waals surface area contributed by atoms with E-state index in [1.807, 2.05) is 6.07 Å². The molecule has 0 spiro atoms. The van der Waals surface area contributed by atoms with Crippen LogP contribution in [0.2, 0.25) is 0 Å². The molecule has 2 heteroatoms. The molecule has 0 saturated carbocycles. The van der Waals surface area contributed by atoms with E-state index in [1.54, 1.807) is 0 Å². The Morgan fingerprint density at radius 2 is 2.00 bits per heavy atom. The summed E-state index contributed by atoms with van der Waals surface area (Å²) in [6, 6.07) is 17.9. The fourth-order valence-corrected chi connectivity index (χ4v) is 3.25. The van der Waals surface area contributed by atoms with E-state index >= 15 is 0 Å². The molecule has 4 rings (SSSR count). The molecule has 0 unspecified atom stereocenters. The number of fused-ring (bicyclic) bond motifs is 3. The normalized spacial score (nSPS) is 12.8. The first kappa shape index (κ1) is 13.3. The predicted molar refractivity (Wildman–Crippen MR) is 87.6 cm³/mol. The largest absolute Gasteiger partial charge is 0.355 e. The fraction of sp³-hybridized carbons (Fsp3) is 0.250. The SMILES string of the molecule is CCCc1ccc(-c2onc3c2CCc2c[c]ccc2-3)cc1. The molecule has 0 N–H and O–H groups in total. The van der Waals surface area contributed by atoms with Crippen molar-refractivity contribution < 1.29 is 4.52 Å². The molecule has 0 saturated heterocycles. The van der Waals surface area contributed by atoms with Gasteiger partial charge in [0.2, 0.25) is 0 Å². The molecular weight excluding hydrogens is 270 g/mol. The maximum absolute atomic E-state index is 5.70. The maximum atomic E-state index is 5.70. The van der Waals surface area contributed by atoms with Crippen LogP contribution in [0.3, 0.4) is 0 Å². The van der Waals surface area contributed by atoms with Crippen molar-refractivity contribution in [1.82, 2.24) is 5.16 Å². The summed E-state index contributed by atoms with van der Waals surface area (Å²) >= 11 is 0. The number of hydrogen-bond donors (Lipinski definition) is 0. The number of aryl methyl sites for hydroxylation is 2. The molecule has 0 bridgehead atoms. The number of rotatable bonds is 3. The van der Waals surface area contributed by atoms with Crippen molar-refractivity contribution in [2.75, 3.05) is 0 Å². The molecule has 1 aromatic heterocycles. The van der Waals surface area contributed by atoms with Crippen LogP contribution in [0.1, 0.15) is 30.0 Å². The monoisotopic (exact) mass is 288 g/mol. The lowest BCUT2D eigenvalue weighted by atomic mass is 9.88. The summed E-state index contributed by atoms with van der Waals surface area (Å²) in [4.78, 5) is 0. The Morgan fingerprint density at radius 1 is 1.14 bits per heavy atom. The number of hydrogen-bond acceptors (Lipinski definition) is 2. The summed E-state index contributed by atoms with van der Waals surface area (Å²) in [6.45, 7) is 2.20. The van der Waals surface area contributed by atoms with Crippen LogP contribution in [0, 0.1) is 6.07 Å². The van der Waals surface area contributed by atoms with Gasteiger partial charge in [-0.1, -0.05) is 61.0 Å². The van der Waals surface area contributed by atoms with Crippen LogP contribution >= 0.6 is 0 Å². The Morgan fingerprint density at radius 3 is 2.82 bits per heavy atom.